The van der Waals surface area contributed by atoms with Gasteiger partial charge in [-0.2, -0.15) is 0 Å². The summed E-state index contributed by atoms with van der Waals surface area (Å²) in [6, 6.07) is 1.83. The smallest absolute Gasteiger partial charge is 0.225 e. The minimum absolute atomic E-state index is 0.288. The van der Waals surface area contributed by atoms with Gasteiger partial charge in [0.05, 0.1) is 0 Å². The second-order valence-corrected chi connectivity index (χ2v) is 7.34. The summed E-state index contributed by atoms with van der Waals surface area (Å²) in [4.78, 5) is 27.7. The van der Waals surface area contributed by atoms with Crippen LogP contribution in [0.5, 0.6) is 0 Å². The van der Waals surface area contributed by atoms with Crippen molar-refractivity contribution >= 4 is 11.9 Å². The van der Waals surface area contributed by atoms with Crippen LogP contribution in [0, 0.1) is 5.92 Å². The number of piperazine rings is 1. The first-order valence-electron chi connectivity index (χ1n) is 9.93. The Balaban J connectivity index is 1.34. The van der Waals surface area contributed by atoms with Gasteiger partial charge >= 0.3 is 0 Å². The molecule has 1 amide bonds. The molecule has 3 heterocycles. The van der Waals surface area contributed by atoms with Gasteiger partial charge in [0.2, 0.25) is 11.9 Å². The molecule has 2 saturated heterocycles. The molecule has 2 aliphatic heterocycles. The van der Waals surface area contributed by atoms with E-state index in [9.17, 15) is 4.79 Å². The van der Waals surface area contributed by atoms with Crippen LogP contribution in [-0.4, -0.2) is 85.1 Å². The maximum absolute atomic E-state index is 12.5. The first kappa shape index (κ1) is 19.0. The summed E-state index contributed by atoms with van der Waals surface area (Å²) in [5, 5.41) is 3.24. The molecule has 2 fully saturated rings. The Morgan fingerprint density at radius 3 is 2.46 bits per heavy atom. The number of carbonyl (C=O) groups excluding carboxylic acids is 1. The molecule has 0 spiro atoms. The van der Waals surface area contributed by atoms with Gasteiger partial charge in [0.15, 0.2) is 0 Å². The standard InChI is InChI=1S/C19H32N6O/c1-20-9-3-17-4-10-23(11-5-17)12-6-18(26)24-13-15-25(16-14-24)19-21-7-2-8-22-19/h2,7-8,17,20H,3-6,9-16H2,1H3. The van der Waals surface area contributed by atoms with E-state index in [1.807, 2.05) is 18.0 Å². The summed E-state index contributed by atoms with van der Waals surface area (Å²) in [7, 11) is 2.02. The van der Waals surface area contributed by atoms with Crippen LogP contribution in [0.1, 0.15) is 25.7 Å². The fourth-order valence-corrected chi connectivity index (χ4v) is 3.87. The molecule has 0 saturated carbocycles. The van der Waals surface area contributed by atoms with Crippen LogP contribution in [0.15, 0.2) is 18.5 Å². The van der Waals surface area contributed by atoms with E-state index >= 15 is 0 Å². The van der Waals surface area contributed by atoms with Crippen molar-refractivity contribution in [3.05, 3.63) is 18.5 Å². The highest BCUT2D eigenvalue weighted by molar-refractivity contribution is 5.76. The lowest BCUT2D eigenvalue weighted by atomic mass is 9.93. The van der Waals surface area contributed by atoms with Crippen LogP contribution in [-0.2, 0) is 4.79 Å². The highest BCUT2D eigenvalue weighted by Gasteiger charge is 2.24. The van der Waals surface area contributed by atoms with Crippen molar-refractivity contribution in [2.75, 3.05) is 64.3 Å². The van der Waals surface area contributed by atoms with Gasteiger partial charge < -0.3 is 20.0 Å². The molecule has 0 aromatic carbocycles. The normalized spacial score (nSPS) is 19.7. The zero-order valence-corrected chi connectivity index (χ0v) is 15.9. The number of nitrogens with zero attached hydrogens (tertiary/aromatic N) is 5. The fraction of sp³-hybridized carbons (Fsp3) is 0.737. The molecule has 2 aliphatic rings. The molecule has 144 valence electrons. The van der Waals surface area contributed by atoms with Gasteiger partial charge in [-0.3, -0.25) is 4.79 Å². The van der Waals surface area contributed by atoms with E-state index in [0.717, 1.165) is 64.2 Å². The van der Waals surface area contributed by atoms with Gasteiger partial charge in [-0.25, -0.2) is 9.97 Å². The highest BCUT2D eigenvalue weighted by atomic mass is 16.2. The molecule has 0 aliphatic carbocycles. The number of aromatic nitrogens is 2. The average Bonchev–Trinajstić information content (AvgIpc) is 2.72. The summed E-state index contributed by atoms with van der Waals surface area (Å²) in [6.45, 7) is 7.45. The van der Waals surface area contributed by atoms with Gasteiger partial charge in [0.25, 0.3) is 0 Å². The van der Waals surface area contributed by atoms with Crippen LogP contribution in [0.3, 0.4) is 0 Å². The predicted octanol–water partition coefficient (Wildman–Crippen LogP) is 0.837. The van der Waals surface area contributed by atoms with Crippen LogP contribution >= 0.6 is 0 Å². The zero-order chi connectivity index (χ0) is 18.2. The number of piperidine rings is 1. The van der Waals surface area contributed by atoms with E-state index < -0.39 is 0 Å². The Hall–Kier alpha value is -1.73. The monoisotopic (exact) mass is 360 g/mol. The number of carbonyl (C=O) groups is 1. The van der Waals surface area contributed by atoms with Crippen molar-refractivity contribution in [2.24, 2.45) is 5.92 Å². The summed E-state index contributed by atoms with van der Waals surface area (Å²) >= 11 is 0. The van der Waals surface area contributed by atoms with Crippen LogP contribution in [0.4, 0.5) is 5.95 Å². The lowest BCUT2D eigenvalue weighted by Crippen LogP contribution is -2.49. The predicted molar refractivity (Wildman–Crippen MR) is 103 cm³/mol. The summed E-state index contributed by atoms with van der Waals surface area (Å²) in [5.74, 6) is 1.90. The molecule has 0 bridgehead atoms. The van der Waals surface area contributed by atoms with Crippen molar-refractivity contribution in [1.82, 2.24) is 25.1 Å². The molecule has 1 N–H and O–H groups in total. The van der Waals surface area contributed by atoms with Crippen LogP contribution < -0.4 is 10.2 Å². The van der Waals surface area contributed by atoms with Crippen molar-refractivity contribution in [1.29, 1.82) is 0 Å². The first-order chi connectivity index (χ1) is 12.8. The topological polar surface area (TPSA) is 64.6 Å². The minimum atomic E-state index is 0.288. The maximum Gasteiger partial charge on any atom is 0.225 e. The van der Waals surface area contributed by atoms with Crippen molar-refractivity contribution < 1.29 is 4.79 Å². The first-order valence-corrected chi connectivity index (χ1v) is 9.93. The molecular weight excluding hydrogens is 328 g/mol. The van der Waals surface area contributed by atoms with Crippen molar-refractivity contribution in [3.8, 4) is 0 Å². The Bertz CT molecular complexity index is 538. The van der Waals surface area contributed by atoms with Gasteiger partial charge in [-0.1, -0.05) is 0 Å². The molecule has 1 aromatic rings. The van der Waals surface area contributed by atoms with E-state index in [-0.39, 0.29) is 5.91 Å². The van der Waals surface area contributed by atoms with E-state index in [4.69, 9.17) is 0 Å². The van der Waals surface area contributed by atoms with E-state index in [1.165, 1.54) is 19.3 Å². The molecule has 0 radical (unpaired) electrons. The zero-order valence-electron chi connectivity index (χ0n) is 15.9. The Labute approximate surface area is 156 Å². The molecular formula is C19H32N6O. The molecule has 26 heavy (non-hydrogen) atoms. The number of hydrogen-bond acceptors (Lipinski definition) is 6. The van der Waals surface area contributed by atoms with Crippen molar-refractivity contribution in [2.45, 2.75) is 25.7 Å². The lowest BCUT2D eigenvalue weighted by molar-refractivity contribution is -0.131. The second-order valence-electron chi connectivity index (χ2n) is 7.34. The summed E-state index contributed by atoms with van der Waals surface area (Å²) in [6.07, 6.45) is 7.99. The van der Waals surface area contributed by atoms with Gasteiger partial charge in [-0.05, 0) is 57.9 Å². The average molecular weight is 361 g/mol. The quantitative estimate of drug-likeness (QED) is 0.777. The Kier molecular flexibility index (Phi) is 7.20. The second kappa shape index (κ2) is 9.83. The van der Waals surface area contributed by atoms with E-state index in [1.54, 1.807) is 12.4 Å². The number of hydrogen-bond donors (Lipinski definition) is 1. The fourth-order valence-electron chi connectivity index (χ4n) is 3.87. The third kappa shape index (κ3) is 5.38. The minimum Gasteiger partial charge on any atom is -0.339 e. The Morgan fingerprint density at radius 1 is 1.12 bits per heavy atom. The summed E-state index contributed by atoms with van der Waals surface area (Å²) in [5.41, 5.74) is 0. The maximum atomic E-state index is 12.5. The molecule has 7 nitrogen and oxygen atoms in total. The van der Waals surface area contributed by atoms with Gasteiger partial charge in [0.1, 0.15) is 0 Å². The lowest BCUT2D eigenvalue weighted by Gasteiger charge is -2.36. The number of amides is 1. The number of anilines is 1. The molecule has 0 unspecified atom stereocenters. The van der Waals surface area contributed by atoms with E-state index in [2.05, 4.69) is 25.1 Å². The highest BCUT2D eigenvalue weighted by Crippen LogP contribution is 2.20. The third-order valence-corrected chi connectivity index (χ3v) is 5.62. The van der Waals surface area contributed by atoms with Gasteiger partial charge in [-0.15, -0.1) is 0 Å². The van der Waals surface area contributed by atoms with Gasteiger partial charge in [0, 0.05) is 51.5 Å². The number of likely N-dealkylation sites (tertiary alicyclic amines) is 1. The van der Waals surface area contributed by atoms with Crippen molar-refractivity contribution in [3.63, 3.8) is 0 Å². The summed E-state index contributed by atoms with van der Waals surface area (Å²) < 4.78 is 0. The SMILES string of the molecule is CNCCC1CCN(CCC(=O)N2CCN(c3ncccn3)CC2)CC1. The molecule has 7 heteroatoms. The Morgan fingerprint density at radius 2 is 1.81 bits per heavy atom. The number of nitrogens with one attached hydrogen (secondary N) is 1. The third-order valence-electron chi connectivity index (χ3n) is 5.62. The number of rotatable bonds is 7. The largest absolute Gasteiger partial charge is 0.339 e. The molecule has 0 atom stereocenters. The van der Waals surface area contributed by atoms with E-state index in [0.29, 0.717) is 6.42 Å². The molecule has 3 rings (SSSR count). The van der Waals surface area contributed by atoms with Crippen LogP contribution in [0.2, 0.25) is 0 Å². The van der Waals surface area contributed by atoms with Crippen LogP contribution in [0.25, 0.3) is 0 Å². The molecule has 1 aromatic heterocycles.